The molecule has 0 aliphatic carbocycles. The van der Waals surface area contributed by atoms with Gasteiger partial charge < -0.3 is 20.5 Å². The fourth-order valence-corrected chi connectivity index (χ4v) is 3.62. The summed E-state index contributed by atoms with van der Waals surface area (Å²) in [5, 5.41) is 21.8. The molecule has 3 heterocycles. The summed E-state index contributed by atoms with van der Waals surface area (Å²) in [5.41, 5.74) is 4.33. The van der Waals surface area contributed by atoms with Crippen LogP contribution >= 0.6 is 11.3 Å². The van der Waals surface area contributed by atoms with E-state index in [0.717, 1.165) is 42.2 Å². The lowest BCUT2D eigenvalue weighted by atomic mass is 9.95. The SMILES string of the molecule is O=C(NCc1cc(C2CCNCC2)no1)Nc1ccc(-c2nncs2)cc1. The third-order valence-corrected chi connectivity index (χ3v) is 5.25. The van der Waals surface area contributed by atoms with E-state index in [1.165, 1.54) is 11.3 Å². The number of hydrogen-bond acceptors (Lipinski definition) is 7. The molecule has 1 saturated heterocycles. The minimum atomic E-state index is -0.293. The number of rotatable bonds is 5. The summed E-state index contributed by atoms with van der Waals surface area (Å²) in [4.78, 5) is 12.1. The van der Waals surface area contributed by atoms with E-state index in [0.29, 0.717) is 23.9 Å². The Hall–Kier alpha value is -2.78. The maximum absolute atomic E-state index is 12.1. The molecule has 1 fully saturated rings. The van der Waals surface area contributed by atoms with Gasteiger partial charge in [-0.1, -0.05) is 16.5 Å². The van der Waals surface area contributed by atoms with Crippen molar-refractivity contribution < 1.29 is 9.32 Å². The first-order valence-corrected chi connectivity index (χ1v) is 9.73. The van der Waals surface area contributed by atoms with Gasteiger partial charge in [0.2, 0.25) is 0 Å². The Bertz CT molecular complexity index is 872. The van der Waals surface area contributed by atoms with Crippen LogP contribution in [0.4, 0.5) is 10.5 Å². The van der Waals surface area contributed by atoms with E-state index in [9.17, 15) is 4.79 Å². The van der Waals surface area contributed by atoms with Gasteiger partial charge in [-0.05, 0) is 50.2 Å². The minimum absolute atomic E-state index is 0.293. The van der Waals surface area contributed by atoms with E-state index in [-0.39, 0.29) is 6.03 Å². The molecule has 140 valence electrons. The van der Waals surface area contributed by atoms with Crippen molar-refractivity contribution in [2.45, 2.75) is 25.3 Å². The van der Waals surface area contributed by atoms with Gasteiger partial charge in [-0.2, -0.15) is 0 Å². The van der Waals surface area contributed by atoms with E-state index in [1.807, 2.05) is 30.3 Å². The highest BCUT2D eigenvalue weighted by Crippen LogP contribution is 2.25. The second-order valence-corrected chi connectivity index (χ2v) is 7.20. The predicted octanol–water partition coefficient (Wildman–Crippen LogP) is 2.98. The Labute approximate surface area is 160 Å². The van der Waals surface area contributed by atoms with Gasteiger partial charge in [-0.3, -0.25) is 0 Å². The number of amides is 2. The van der Waals surface area contributed by atoms with Crippen LogP contribution in [-0.2, 0) is 6.54 Å². The monoisotopic (exact) mass is 384 g/mol. The Balaban J connectivity index is 1.28. The van der Waals surface area contributed by atoms with Gasteiger partial charge in [0.1, 0.15) is 10.5 Å². The van der Waals surface area contributed by atoms with Crippen molar-refractivity contribution in [3.63, 3.8) is 0 Å². The summed E-state index contributed by atoms with van der Waals surface area (Å²) in [6, 6.07) is 9.11. The maximum Gasteiger partial charge on any atom is 0.319 e. The quantitative estimate of drug-likeness (QED) is 0.625. The Morgan fingerprint density at radius 2 is 2.07 bits per heavy atom. The fourth-order valence-electron chi connectivity index (χ4n) is 3.06. The largest absolute Gasteiger partial charge is 0.359 e. The number of hydrogen-bond donors (Lipinski definition) is 3. The van der Waals surface area contributed by atoms with Gasteiger partial charge in [0.15, 0.2) is 5.76 Å². The van der Waals surface area contributed by atoms with Gasteiger partial charge in [0.25, 0.3) is 0 Å². The molecule has 0 radical (unpaired) electrons. The van der Waals surface area contributed by atoms with Gasteiger partial charge in [-0.15, -0.1) is 10.2 Å². The highest BCUT2D eigenvalue weighted by atomic mass is 32.1. The van der Waals surface area contributed by atoms with Crippen LogP contribution in [0.3, 0.4) is 0 Å². The molecule has 2 aromatic heterocycles. The zero-order chi connectivity index (χ0) is 18.5. The first-order valence-electron chi connectivity index (χ1n) is 8.85. The molecule has 3 aromatic rings. The molecular weight excluding hydrogens is 364 g/mol. The van der Waals surface area contributed by atoms with Gasteiger partial charge in [0, 0.05) is 23.2 Å². The summed E-state index contributed by atoms with van der Waals surface area (Å²) < 4.78 is 5.35. The maximum atomic E-state index is 12.1. The first kappa shape index (κ1) is 17.6. The minimum Gasteiger partial charge on any atom is -0.359 e. The second-order valence-electron chi connectivity index (χ2n) is 6.37. The van der Waals surface area contributed by atoms with Crippen molar-refractivity contribution in [1.29, 1.82) is 0 Å². The number of piperidine rings is 1. The van der Waals surface area contributed by atoms with E-state index in [1.54, 1.807) is 5.51 Å². The van der Waals surface area contributed by atoms with E-state index in [4.69, 9.17) is 4.52 Å². The summed E-state index contributed by atoms with van der Waals surface area (Å²) in [6.45, 7) is 2.31. The average Bonchev–Trinajstić information content (AvgIpc) is 3.40. The first-order chi connectivity index (χ1) is 13.3. The molecule has 0 spiro atoms. The molecule has 0 saturated carbocycles. The van der Waals surface area contributed by atoms with Crippen LogP contribution in [0.25, 0.3) is 10.6 Å². The van der Waals surface area contributed by atoms with Gasteiger partial charge >= 0.3 is 6.03 Å². The third-order valence-electron chi connectivity index (χ3n) is 4.51. The molecule has 1 aliphatic heterocycles. The number of benzene rings is 1. The molecule has 1 aromatic carbocycles. The standard InChI is InChI=1S/C18H20N6O2S/c25-18(22-14-3-1-13(2-4-14)17-23-21-11-27-17)20-10-15-9-16(24-26-15)12-5-7-19-8-6-12/h1-4,9,11-12,19H,5-8,10H2,(H2,20,22,25). The smallest absolute Gasteiger partial charge is 0.319 e. The molecule has 4 rings (SSSR count). The van der Waals surface area contributed by atoms with Crippen molar-refractivity contribution in [2.75, 3.05) is 18.4 Å². The highest BCUT2D eigenvalue weighted by Gasteiger charge is 2.19. The van der Waals surface area contributed by atoms with Crippen LogP contribution in [0, 0.1) is 0 Å². The number of anilines is 1. The second kappa shape index (κ2) is 8.28. The molecule has 2 amide bonds. The van der Waals surface area contributed by atoms with Crippen molar-refractivity contribution >= 4 is 23.1 Å². The average molecular weight is 384 g/mol. The van der Waals surface area contributed by atoms with Crippen LogP contribution in [0.2, 0.25) is 0 Å². The number of nitrogens with zero attached hydrogens (tertiary/aromatic N) is 3. The van der Waals surface area contributed by atoms with Gasteiger partial charge in [-0.25, -0.2) is 4.79 Å². The Morgan fingerprint density at radius 1 is 1.26 bits per heavy atom. The summed E-state index contributed by atoms with van der Waals surface area (Å²) in [7, 11) is 0. The third kappa shape index (κ3) is 4.50. The molecule has 27 heavy (non-hydrogen) atoms. The molecule has 0 atom stereocenters. The van der Waals surface area contributed by atoms with Crippen molar-refractivity contribution in [3.05, 3.63) is 47.3 Å². The Kier molecular flexibility index (Phi) is 5.40. The van der Waals surface area contributed by atoms with Crippen LogP contribution in [0.15, 0.2) is 40.4 Å². The molecule has 8 nitrogen and oxygen atoms in total. The lowest BCUT2D eigenvalue weighted by molar-refractivity contribution is 0.250. The van der Waals surface area contributed by atoms with E-state index >= 15 is 0 Å². The molecule has 0 unspecified atom stereocenters. The lowest BCUT2D eigenvalue weighted by Crippen LogP contribution is -2.28. The normalized spacial score (nSPS) is 14.8. The lowest BCUT2D eigenvalue weighted by Gasteiger charge is -2.19. The van der Waals surface area contributed by atoms with Crippen LogP contribution in [-0.4, -0.2) is 34.5 Å². The van der Waals surface area contributed by atoms with E-state index < -0.39 is 0 Å². The van der Waals surface area contributed by atoms with Crippen molar-refractivity contribution in [3.8, 4) is 10.6 Å². The molecule has 0 bridgehead atoms. The van der Waals surface area contributed by atoms with Crippen LogP contribution in [0.1, 0.15) is 30.2 Å². The number of nitrogens with one attached hydrogen (secondary N) is 3. The summed E-state index contributed by atoms with van der Waals surface area (Å²) in [5.74, 6) is 1.09. The fraction of sp³-hybridized carbons (Fsp3) is 0.333. The van der Waals surface area contributed by atoms with E-state index in [2.05, 4.69) is 31.3 Å². The zero-order valence-electron chi connectivity index (χ0n) is 14.6. The number of carbonyl (C=O) groups is 1. The number of aromatic nitrogens is 3. The van der Waals surface area contributed by atoms with Crippen LogP contribution < -0.4 is 16.0 Å². The predicted molar refractivity (Wildman–Crippen MR) is 103 cm³/mol. The topological polar surface area (TPSA) is 105 Å². The highest BCUT2D eigenvalue weighted by molar-refractivity contribution is 7.12. The van der Waals surface area contributed by atoms with Crippen LogP contribution in [0.5, 0.6) is 0 Å². The van der Waals surface area contributed by atoms with Crippen molar-refractivity contribution in [1.82, 2.24) is 26.0 Å². The number of carbonyl (C=O) groups excluding carboxylic acids is 1. The Morgan fingerprint density at radius 3 is 2.81 bits per heavy atom. The molecular formula is C18H20N6O2S. The molecule has 1 aliphatic rings. The summed E-state index contributed by atoms with van der Waals surface area (Å²) >= 11 is 1.47. The zero-order valence-corrected chi connectivity index (χ0v) is 15.5. The van der Waals surface area contributed by atoms with Crippen molar-refractivity contribution in [2.24, 2.45) is 0 Å². The number of urea groups is 1. The van der Waals surface area contributed by atoms with Gasteiger partial charge in [0.05, 0.1) is 12.2 Å². The molecule has 9 heteroatoms. The molecule has 3 N–H and O–H groups in total. The summed E-state index contributed by atoms with van der Waals surface area (Å²) in [6.07, 6.45) is 2.12.